The molecule has 0 unspecified atom stereocenters. The molecule has 2 aromatic carbocycles. The third-order valence-corrected chi connectivity index (χ3v) is 4.95. The van der Waals surface area contributed by atoms with E-state index in [1.165, 1.54) is 11.8 Å². The van der Waals surface area contributed by atoms with Crippen LogP contribution >= 0.6 is 11.8 Å². The van der Waals surface area contributed by atoms with Crippen LogP contribution in [0.1, 0.15) is 10.4 Å². The number of para-hydroxylation sites is 1. The van der Waals surface area contributed by atoms with Gasteiger partial charge in [0, 0.05) is 29.7 Å². The number of carboxylic acid groups (broad SMARTS) is 1. The van der Waals surface area contributed by atoms with E-state index in [2.05, 4.69) is 9.97 Å². The molecule has 0 saturated heterocycles. The highest BCUT2D eigenvalue weighted by Gasteiger charge is 2.17. The molecule has 4 rings (SSSR count). The lowest BCUT2D eigenvalue weighted by Crippen LogP contribution is -2.13. The molecule has 0 bridgehead atoms. The Labute approximate surface area is 159 Å². The van der Waals surface area contributed by atoms with Gasteiger partial charge >= 0.3 is 5.97 Å². The minimum atomic E-state index is -0.981. The van der Waals surface area contributed by atoms with E-state index in [1.807, 2.05) is 48.5 Å². The maximum absolute atomic E-state index is 11.4. The maximum atomic E-state index is 11.4. The van der Waals surface area contributed by atoms with Crippen molar-refractivity contribution in [1.29, 1.82) is 0 Å². The number of benzene rings is 2. The van der Waals surface area contributed by atoms with Crippen LogP contribution in [0, 0.1) is 0 Å². The van der Waals surface area contributed by atoms with Gasteiger partial charge in [-0.15, -0.1) is 0 Å². The van der Waals surface area contributed by atoms with Gasteiger partial charge in [-0.3, -0.25) is 0 Å². The Morgan fingerprint density at radius 3 is 2.56 bits per heavy atom. The highest BCUT2D eigenvalue weighted by atomic mass is 32.2. The number of nitrogens with zero attached hydrogens (tertiary/aromatic N) is 4. The summed E-state index contributed by atoms with van der Waals surface area (Å²) in [6.45, 7) is 0. The smallest absolute Gasteiger partial charge is 0.335 e. The number of carboxylic acids is 1. The summed E-state index contributed by atoms with van der Waals surface area (Å²) >= 11 is 1.47. The second-order valence-corrected chi connectivity index (χ2v) is 6.76. The van der Waals surface area contributed by atoms with Gasteiger partial charge in [-0.1, -0.05) is 36.0 Å². The summed E-state index contributed by atoms with van der Waals surface area (Å²) in [5.74, 6) is -0.324. The first kappa shape index (κ1) is 17.2. The Kier molecular flexibility index (Phi) is 4.37. The molecular weight excluding hydrogens is 360 g/mol. The summed E-state index contributed by atoms with van der Waals surface area (Å²) in [4.78, 5) is 27.2. The van der Waals surface area contributed by atoms with Crippen molar-refractivity contribution < 1.29 is 9.90 Å². The van der Waals surface area contributed by atoms with Crippen LogP contribution in [0.15, 0.2) is 59.9 Å². The van der Waals surface area contributed by atoms with E-state index in [-0.39, 0.29) is 5.56 Å². The van der Waals surface area contributed by atoms with Crippen LogP contribution in [-0.2, 0) is 0 Å². The van der Waals surface area contributed by atoms with E-state index in [0.29, 0.717) is 16.5 Å². The molecule has 0 aliphatic carbocycles. The molecule has 0 aliphatic heterocycles. The van der Waals surface area contributed by atoms with Crippen molar-refractivity contribution in [3.8, 4) is 0 Å². The average molecular weight is 376 g/mol. The molecule has 27 heavy (non-hydrogen) atoms. The lowest BCUT2D eigenvalue weighted by molar-refractivity contribution is 0.0697. The Hall–Kier alpha value is -3.19. The van der Waals surface area contributed by atoms with Gasteiger partial charge in [-0.25, -0.2) is 19.7 Å². The van der Waals surface area contributed by atoms with Crippen LogP contribution in [-0.4, -0.2) is 39.3 Å². The lowest BCUT2D eigenvalue weighted by atomic mass is 10.1. The molecule has 0 radical (unpaired) electrons. The second kappa shape index (κ2) is 6.85. The van der Waals surface area contributed by atoms with Crippen LogP contribution < -0.4 is 4.90 Å². The first-order chi connectivity index (χ1) is 13.1. The number of pyridine rings is 1. The molecule has 0 spiro atoms. The number of fused-ring (bicyclic) bond motifs is 3. The fourth-order valence-electron chi connectivity index (χ4n) is 2.99. The molecule has 0 amide bonds. The molecule has 134 valence electrons. The van der Waals surface area contributed by atoms with Gasteiger partial charge in [0.1, 0.15) is 5.52 Å². The molecule has 1 N–H and O–H groups in total. The number of rotatable bonds is 4. The number of hydrogen-bond donors (Lipinski definition) is 1. The summed E-state index contributed by atoms with van der Waals surface area (Å²) in [5.41, 5.74) is 2.49. The minimum absolute atomic E-state index is 0.198. The summed E-state index contributed by atoms with van der Waals surface area (Å²) in [7, 11) is 1.92. The van der Waals surface area contributed by atoms with Gasteiger partial charge in [-0.2, -0.15) is 0 Å². The predicted molar refractivity (Wildman–Crippen MR) is 108 cm³/mol. The third-order valence-electron chi connectivity index (χ3n) is 4.38. The van der Waals surface area contributed by atoms with Gasteiger partial charge < -0.3 is 10.0 Å². The fourth-order valence-corrected chi connectivity index (χ4v) is 3.33. The highest BCUT2D eigenvalue weighted by Crippen LogP contribution is 2.33. The molecule has 0 saturated carbocycles. The van der Waals surface area contributed by atoms with E-state index in [1.54, 1.807) is 24.4 Å². The van der Waals surface area contributed by atoms with E-state index >= 15 is 0 Å². The largest absolute Gasteiger partial charge is 0.478 e. The molecule has 2 aromatic heterocycles. The monoisotopic (exact) mass is 376 g/mol. The van der Waals surface area contributed by atoms with Crippen molar-refractivity contribution in [2.75, 3.05) is 18.2 Å². The van der Waals surface area contributed by atoms with E-state index in [4.69, 9.17) is 4.98 Å². The number of hydrogen-bond acceptors (Lipinski definition) is 6. The van der Waals surface area contributed by atoms with Crippen molar-refractivity contribution in [3.63, 3.8) is 0 Å². The van der Waals surface area contributed by atoms with Crippen molar-refractivity contribution in [2.24, 2.45) is 0 Å². The number of aromatic nitrogens is 3. The van der Waals surface area contributed by atoms with Crippen LogP contribution in [0.4, 0.5) is 11.5 Å². The Morgan fingerprint density at radius 1 is 1.07 bits per heavy atom. The first-order valence-electron chi connectivity index (χ1n) is 8.25. The maximum Gasteiger partial charge on any atom is 0.335 e. The zero-order chi connectivity index (χ0) is 19.0. The van der Waals surface area contributed by atoms with E-state index < -0.39 is 5.97 Å². The Morgan fingerprint density at radius 2 is 1.85 bits per heavy atom. The number of thioether (sulfide) groups is 1. The topological polar surface area (TPSA) is 79.2 Å². The Bertz CT molecular complexity index is 1160. The molecule has 4 aromatic rings. The van der Waals surface area contributed by atoms with Gasteiger partial charge in [0.15, 0.2) is 11.0 Å². The van der Waals surface area contributed by atoms with Gasteiger partial charge in [0.05, 0.1) is 11.1 Å². The standard InChI is InChI=1S/C20H16N4O2S/c1-24(13-6-4-3-5-7-13)18-17-15(11-21-20(23-17)27-2)14-9-8-12(19(25)26)10-16(14)22-18/h3-11H,1-2H3,(H,25,26). The first-order valence-corrected chi connectivity index (χ1v) is 9.47. The fraction of sp³-hybridized carbons (Fsp3) is 0.100. The molecule has 0 aliphatic rings. The summed E-state index contributed by atoms with van der Waals surface area (Å²) < 4.78 is 0. The SMILES string of the molecule is CSc1ncc2c(n1)c(N(C)c1ccccc1)nc1cc(C(=O)O)ccc12. The number of anilines is 2. The van der Waals surface area contributed by atoms with Crippen molar-refractivity contribution in [2.45, 2.75) is 5.16 Å². The summed E-state index contributed by atoms with van der Waals surface area (Å²) in [6, 6.07) is 14.8. The van der Waals surface area contributed by atoms with Gasteiger partial charge in [-0.05, 0) is 30.5 Å². The summed E-state index contributed by atoms with van der Waals surface area (Å²) in [5, 5.41) is 11.6. The molecule has 0 fully saturated rings. The average Bonchev–Trinajstić information content (AvgIpc) is 2.72. The van der Waals surface area contributed by atoms with Crippen molar-refractivity contribution in [1.82, 2.24) is 15.0 Å². The van der Waals surface area contributed by atoms with Crippen LogP contribution in [0.5, 0.6) is 0 Å². The molecular formula is C20H16N4O2S. The minimum Gasteiger partial charge on any atom is -0.478 e. The van der Waals surface area contributed by atoms with Crippen LogP contribution in [0.25, 0.3) is 21.8 Å². The predicted octanol–water partition coefficient (Wildman–Crippen LogP) is 4.37. The summed E-state index contributed by atoms with van der Waals surface area (Å²) in [6.07, 6.45) is 3.70. The van der Waals surface area contributed by atoms with Gasteiger partial charge in [0.25, 0.3) is 0 Å². The second-order valence-electron chi connectivity index (χ2n) is 5.99. The normalized spacial score (nSPS) is 11.0. The lowest BCUT2D eigenvalue weighted by Gasteiger charge is -2.20. The Balaban J connectivity index is 2.05. The number of aromatic carboxylic acids is 1. The zero-order valence-electron chi connectivity index (χ0n) is 14.7. The van der Waals surface area contributed by atoms with E-state index in [9.17, 15) is 9.90 Å². The quantitative estimate of drug-likeness (QED) is 0.322. The van der Waals surface area contributed by atoms with Crippen molar-refractivity contribution in [3.05, 3.63) is 60.3 Å². The van der Waals surface area contributed by atoms with Crippen molar-refractivity contribution >= 4 is 51.0 Å². The molecule has 7 heteroatoms. The molecule has 6 nitrogen and oxygen atoms in total. The zero-order valence-corrected chi connectivity index (χ0v) is 15.6. The molecule has 0 atom stereocenters. The number of carbonyl (C=O) groups is 1. The van der Waals surface area contributed by atoms with E-state index in [0.717, 1.165) is 22.0 Å². The van der Waals surface area contributed by atoms with Crippen LogP contribution in [0.3, 0.4) is 0 Å². The highest BCUT2D eigenvalue weighted by molar-refractivity contribution is 7.98. The molecule has 2 heterocycles. The van der Waals surface area contributed by atoms with Gasteiger partial charge in [0.2, 0.25) is 0 Å². The van der Waals surface area contributed by atoms with Crippen LogP contribution in [0.2, 0.25) is 0 Å². The third kappa shape index (κ3) is 3.06.